The molecule has 0 saturated heterocycles. The third-order valence-corrected chi connectivity index (χ3v) is 3.71. The van der Waals surface area contributed by atoms with Crippen LogP contribution in [0.1, 0.15) is 84.0 Å². The fraction of sp³-hybridized carbons (Fsp3) is 0.824. The number of allylic oxidation sites excluding steroid dienone is 1. The molecule has 0 aromatic carbocycles. The highest BCUT2D eigenvalue weighted by Crippen LogP contribution is 2.14. The van der Waals surface area contributed by atoms with Gasteiger partial charge in [-0.25, -0.2) is 0 Å². The molecule has 0 aromatic rings. The highest BCUT2D eigenvalue weighted by atomic mass is 16.5. The lowest BCUT2D eigenvalue weighted by atomic mass is 10.1. The van der Waals surface area contributed by atoms with Crippen molar-refractivity contribution >= 4 is 6.21 Å². The smallest absolute Gasteiger partial charge is 0.188 e. The van der Waals surface area contributed by atoms with E-state index < -0.39 is 0 Å². The number of nitrogens with zero attached hydrogens (tertiary/aromatic N) is 1. The van der Waals surface area contributed by atoms with Crippen molar-refractivity contribution in [1.29, 1.82) is 0 Å². The van der Waals surface area contributed by atoms with Crippen molar-refractivity contribution in [3.05, 3.63) is 12.3 Å². The Balaban J connectivity index is 1.74. The largest absolute Gasteiger partial charge is 0.476 e. The quantitative estimate of drug-likeness (QED) is 0.419. The van der Waals surface area contributed by atoms with Crippen LogP contribution >= 0.6 is 0 Å². The molecule has 0 spiro atoms. The zero-order chi connectivity index (χ0) is 13.6. The molecule has 19 heavy (non-hydrogen) atoms. The van der Waals surface area contributed by atoms with Crippen LogP contribution in [0.2, 0.25) is 0 Å². The summed E-state index contributed by atoms with van der Waals surface area (Å²) in [6.07, 6.45) is 21.9. The van der Waals surface area contributed by atoms with E-state index in [0.717, 1.165) is 6.42 Å². The summed E-state index contributed by atoms with van der Waals surface area (Å²) in [4.78, 5) is 4.28. The van der Waals surface area contributed by atoms with Gasteiger partial charge < -0.3 is 4.74 Å². The Bertz CT molecular complexity index is 248. The second kappa shape index (κ2) is 12.3. The topological polar surface area (TPSA) is 21.6 Å². The monoisotopic (exact) mass is 265 g/mol. The van der Waals surface area contributed by atoms with Gasteiger partial charge in [0.1, 0.15) is 0 Å². The number of rotatable bonds is 12. The molecular weight excluding hydrogens is 234 g/mol. The molecule has 2 nitrogen and oxygen atoms in total. The van der Waals surface area contributed by atoms with Gasteiger partial charge >= 0.3 is 0 Å². The highest BCUT2D eigenvalue weighted by molar-refractivity contribution is 5.71. The van der Waals surface area contributed by atoms with Crippen molar-refractivity contribution in [2.24, 2.45) is 4.99 Å². The van der Waals surface area contributed by atoms with E-state index in [0.29, 0.717) is 0 Å². The lowest BCUT2D eigenvalue weighted by molar-refractivity contribution is 0.138. The van der Waals surface area contributed by atoms with Gasteiger partial charge in [-0.2, -0.15) is 0 Å². The molecule has 0 radical (unpaired) electrons. The summed E-state index contributed by atoms with van der Waals surface area (Å²) in [5.41, 5.74) is 0. The van der Waals surface area contributed by atoms with E-state index in [4.69, 9.17) is 4.74 Å². The number of ether oxygens (including phenoxy) is 1. The third kappa shape index (κ3) is 9.75. The van der Waals surface area contributed by atoms with E-state index in [1.54, 1.807) is 6.26 Å². The van der Waals surface area contributed by atoms with E-state index >= 15 is 0 Å². The zero-order valence-electron chi connectivity index (χ0n) is 12.7. The summed E-state index contributed by atoms with van der Waals surface area (Å²) >= 11 is 0. The Morgan fingerprint density at radius 3 is 1.95 bits per heavy atom. The van der Waals surface area contributed by atoms with Crippen LogP contribution in [0.25, 0.3) is 0 Å². The Morgan fingerprint density at radius 1 is 0.842 bits per heavy atom. The second-order valence-electron chi connectivity index (χ2n) is 5.54. The molecule has 0 N–H and O–H groups in total. The maximum atomic E-state index is 5.39. The fourth-order valence-electron chi connectivity index (χ4n) is 2.48. The van der Waals surface area contributed by atoms with Crippen molar-refractivity contribution < 1.29 is 4.74 Å². The van der Waals surface area contributed by atoms with E-state index in [-0.39, 0.29) is 6.23 Å². The minimum Gasteiger partial charge on any atom is -0.476 e. The van der Waals surface area contributed by atoms with Gasteiger partial charge in [-0.3, -0.25) is 4.99 Å². The van der Waals surface area contributed by atoms with Crippen LogP contribution < -0.4 is 0 Å². The first-order valence-electron chi connectivity index (χ1n) is 8.27. The molecule has 1 unspecified atom stereocenters. The predicted molar refractivity (Wildman–Crippen MR) is 83.6 cm³/mol. The Kier molecular flexibility index (Phi) is 10.5. The molecule has 0 fully saturated rings. The summed E-state index contributed by atoms with van der Waals surface area (Å²) in [6, 6.07) is 0. The van der Waals surface area contributed by atoms with Gasteiger partial charge in [-0.15, -0.1) is 0 Å². The minimum absolute atomic E-state index is 0.0866. The van der Waals surface area contributed by atoms with Crippen LogP contribution in [0.15, 0.2) is 17.3 Å². The first kappa shape index (κ1) is 16.3. The summed E-state index contributed by atoms with van der Waals surface area (Å²) < 4.78 is 5.39. The van der Waals surface area contributed by atoms with Gasteiger partial charge in [0, 0.05) is 12.6 Å². The minimum atomic E-state index is 0.0866. The molecule has 1 aliphatic heterocycles. The molecule has 0 bridgehead atoms. The van der Waals surface area contributed by atoms with Gasteiger partial charge in [0.15, 0.2) is 6.23 Å². The van der Waals surface area contributed by atoms with Crippen molar-refractivity contribution in [1.82, 2.24) is 0 Å². The first-order chi connectivity index (χ1) is 9.43. The second-order valence-corrected chi connectivity index (χ2v) is 5.54. The highest BCUT2D eigenvalue weighted by Gasteiger charge is 2.05. The van der Waals surface area contributed by atoms with Gasteiger partial charge in [-0.1, -0.05) is 71.1 Å². The fourth-order valence-corrected chi connectivity index (χ4v) is 2.48. The van der Waals surface area contributed by atoms with Gasteiger partial charge in [-0.05, 0) is 12.5 Å². The Morgan fingerprint density at radius 2 is 1.42 bits per heavy atom. The number of aliphatic imine (C=N–C) groups is 1. The molecule has 110 valence electrons. The molecule has 1 rings (SSSR count). The summed E-state index contributed by atoms with van der Waals surface area (Å²) in [5.74, 6) is 0. The Labute approximate surface area is 119 Å². The van der Waals surface area contributed by atoms with Crippen LogP contribution in [-0.4, -0.2) is 12.4 Å². The van der Waals surface area contributed by atoms with Crippen LogP contribution in [0.5, 0.6) is 0 Å². The summed E-state index contributed by atoms with van der Waals surface area (Å²) in [5, 5.41) is 0. The van der Waals surface area contributed by atoms with Crippen LogP contribution in [0, 0.1) is 0 Å². The lowest BCUT2D eigenvalue weighted by Crippen LogP contribution is -2.08. The molecule has 0 saturated carbocycles. The molecule has 0 aliphatic carbocycles. The van der Waals surface area contributed by atoms with Gasteiger partial charge in [0.05, 0.1) is 6.26 Å². The zero-order valence-corrected chi connectivity index (χ0v) is 12.7. The number of hydrogen-bond acceptors (Lipinski definition) is 2. The summed E-state index contributed by atoms with van der Waals surface area (Å²) in [6.45, 7) is 2.28. The van der Waals surface area contributed by atoms with Crippen LogP contribution in [0.3, 0.4) is 0 Å². The molecule has 0 aromatic heterocycles. The molecule has 0 amide bonds. The lowest BCUT2D eigenvalue weighted by Gasteiger charge is -2.13. The average Bonchev–Trinajstić information content (AvgIpc) is 2.46. The van der Waals surface area contributed by atoms with Crippen LogP contribution in [-0.2, 0) is 4.74 Å². The normalized spacial score (nSPS) is 17.6. The van der Waals surface area contributed by atoms with Gasteiger partial charge in [0.25, 0.3) is 0 Å². The number of unbranched alkanes of at least 4 members (excludes halogenated alkanes) is 10. The van der Waals surface area contributed by atoms with E-state index in [2.05, 4.69) is 11.9 Å². The first-order valence-corrected chi connectivity index (χ1v) is 8.27. The molecule has 1 atom stereocenters. The Hall–Kier alpha value is -0.790. The molecule has 1 heterocycles. The van der Waals surface area contributed by atoms with Crippen molar-refractivity contribution in [2.45, 2.75) is 90.2 Å². The third-order valence-electron chi connectivity index (χ3n) is 3.71. The van der Waals surface area contributed by atoms with E-state index in [1.165, 1.54) is 70.6 Å². The van der Waals surface area contributed by atoms with Gasteiger partial charge in [0.2, 0.25) is 0 Å². The number of hydrogen-bond donors (Lipinski definition) is 0. The standard InChI is InChI=1S/C17H31NO/c1-2-3-4-5-6-7-8-9-10-11-12-14-17-18-15-13-16-19-17/h13,15-17H,2-12,14H2,1H3. The molecule has 1 aliphatic rings. The van der Waals surface area contributed by atoms with E-state index in [9.17, 15) is 0 Å². The maximum absolute atomic E-state index is 5.39. The summed E-state index contributed by atoms with van der Waals surface area (Å²) in [7, 11) is 0. The molecule has 2 heteroatoms. The van der Waals surface area contributed by atoms with Crippen molar-refractivity contribution in [3.63, 3.8) is 0 Å². The average molecular weight is 265 g/mol. The van der Waals surface area contributed by atoms with Crippen LogP contribution in [0.4, 0.5) is 0 Å². The SMILES string of the molecule is CCCCCCCCCCCCCC1N=CC=CO1. The predicted octanol–water partition coefficient (Wildman–Crippen LogP) is 5.63. The maximum Gasteiger partial charge on any atom is 0.188 e. The molecular formula is C17H31NO. The van der Waals surface area contributed by atoms with E-state index in [1.807, 2.05) is 12.3 Å². The van der Waals surface area contributed by atoms with Crippen molar-refractivity contribution in [3.8, 4) is 0 Å². The van der Waals surface area contributed by atoms with Crippen molar-refractivity contribution in [2.75, 3.05) is 0 Å².